The molecule has 5 rings (SSSR count). The van der Waals surface area contributed by atoms with Crippen LogP contribution in [0.3, 0.4) is 0 Å². The molecule has 0 radical (unpaired) electrons. The van der Waals surface area contributed by atoms with Crippen molar-refractivity contribution in [2.45, 2.75) is 0 Å². The summed E-state index contributed by atoms with van der Waals surface area (Å²) in [7, 11) is 1.68. The molecule has 0 saturated heterocycles. The van der Waals surface area contributed by atoms with Crippen LogP contribution in [-0.4, -0.2) is 12.9 Å². The Bertz CT molecular complexity index is 1440. The predicted octanol–water partition coefficient (Wildman–Crippen LogP) is 8.22. The molecular weight excluding hydrogens is 428 g/mol. The SMILES string of the molecule is COc1cccc(C(=Nc2ccccc2-c2ccccc2)Nc2ccccc2-c2ccccc2)c1. The molecular formula is C32H26N2O. The normalized spacial score (nSPS) is 11.2. The average Bonchev–Trinajstić information content (AvgIpc) is 2.94. The van der Waals surface area contributed by atoms with Crippen molar-refractivity contribution in [3.05, 3.63) is 139 Å². The predicted molar refractivity (Wildman–Crippen MR) is 147 cm³/mol. The van der Waals surface area contributed by atoms with Crippen LogP contribution < -0.4 is 10.1 Å². The minimum atomic E-state index is 0.746. The first-order chi connectivity index (χ1) is 17.3. The summed E-state index contributed by atoms with van der Waals surface area (Å²) >= 11 is 0. The Kier molecular flexibility index (Phi) is 6.67. The zero-order valence-corrected chi connectivity index (χ0v) is 19.6. The Morgan fingerprint density at radius 1 is 0.600 bits per heavy atom. The fraction of sp³-hybridized carbons (Fsp3) is 0.0312. The molecule has 0 aliphatic carbocycles. The van der Waals surface area contributed by atoms with Gasteiger partial charge in [0.05, 0.1) is 12.8 Å². The second-order valence-electron chi connectivity index (χ2n) is 8.11. The molecule has 0 aromatic heterocycles. The van der Waals surface area contributed by atoms with E-state index in [1.165, 1.54) is 0 Å². The summed E-state index contributed by atoms with van der Waals surface area (Å²) in [6.45, 7) is 0. The van der Waals surface area contributed by atoms with Gasteiger partial charge in [-0.1, -0.05) is 109 Å². The van der Waals surface area contributed by atoms with Gasteiger partial charge in [0.15, 0.2) is 0 Å². The molecule has 0 heterocycles. The molecule has 0 unspecified atom stereocenters. The first kappa shape index (κ1) is 22.2. The van der Waals surface area contributed by atoms with Gasteiger partial charge in [-0.2, -0.15) is 0 Å². The number of aliphatic imine (C=N–C) groups is 1. The van der Waals surface area contributed by atoms with Gasteiger partial charge >= 0.3 is 0 Å². The topological polar surface area (TPSA) is 33.6 Å². The summed E-state index contributed by atoms with van der Waals surface area (Å²) in [5.74, 6) is 1.53. The molecule has 0 amide bonds. The van der Waals surface area contributed by atoms with Gasteiger partial charge in [0.1, 0.15) is 11.6 Å². The second kappa shape index (κ2) is 10.5. The van der Waals surface area contributed by atoms with E-state index < -0.39 is 0 Å². The smallest absolute Gasteiger partial charge is 0.138 e. The van der Waals surface area contributed by atoms with Crippen LogP contribution in [-0.2, 0) is 0 Å². The van der Waals surface area contributed by atoms with E-state index in [0.717, 1.165) is 50.8 Å². The highest BCUT2D eigenvalue weighted by Crippen LogP contribution is 2.32. The van der Waals surface area contributed by atoms with Crippen molar-refractivity contribution in [2.75, 3.05) is 12.4 Å². The summed E-state index contributed by atoms with van der Waals surface area (Å²) in [6, 6.07) is 45.2. The number of methoxy groups -OCH3 is 1. The molecule has 0 bridgehead atoms. The van der Waals surface area contributed by atoms with Crippen LogP contribution in [0.5, 0.6) is 5.75 Å². The molecule has 0 fully saturated rings. The Morgan fingerprint density at radius 2 is 1.20 bits per heavy atom. The van der Waals surface area contributed by atoms with Crippen molar-refractivity contribution >= 4 is 17.2 Å². The summed E-state index contributed by atoms with van der Waals surface area (Å²) in [4.78, 5) is 5.16. The fourth-order valence-corrected chi connectivity index (χ4v) is 4.08. The average molecular weight is 455 g/mol. The van der Waals surface area contributed by atoms with Crippen molar-refractivity contribution < 1.29 is 4.74 Å². The van der Waals surface area contributed by atoms with Crippen LogP contribution >= 0.6 is 0 Å². The van der Waals surface area contributed by atoms with Crippen LogP contribution in [0.1, 0.15) is 5.56 Å². The van der Waals surface area contributed by atoms with Crippen LogP contribution in [0.25, 0.3) is 22.3 Å². The highest BCUT2D eigenvalue weighted by molar-refractivity contribution is 6.11. The van der Waals surface area contributed by atoms with Gasteiger partial charge < -0.3 is 10.1 Å². The lowest BCUT2D eigenvalue weighted by Crippen LogP contribution is -2.14. The van der Waals surface area contributed by atoms with Crippen LogP contribution in [0.4, 0.5) is 11.4 Å². The number of nitrogens with one attached hydrogen (secondary N) is 1. The maximum Gasteiger partial charge on any atom is 0.138 e. The number of amidine groups is 1. The molecule has 5 aromatic rings. The Balaban J connectivity index is 1.64. The quantitative estimate of drug-likeness (QED) is 0.207. The highest BCUT2D eigenvalue weighted by atomic mass is 16.5. The molecule has 1 N–H and O–H groups in total. The molecule has 0 atom stereocenters. The van der Waals surface area contributed by atoms with Gasteiger partial charge in [-0.05, 0) is 35.4 Å². The molecule has 3 heteroatoms. The number of ether oxygens (including phenoxy) is 1. The van der Waals surface area contributed by atoms with Gasteiger partial charge in [0, 0.05) is 22.4 Å². The van der Waals surface area contributed by atoms with Gasteiger partial charge in [0.25, 0.3) is 0 Å². The molecule has 0 spiro atoms. The Labute approximate surface area is 206 Å². The number of benzene rings is 5. The lowest BCUT2D eigenvalue weighted by atomic mass is 10.0. The van der Waals surface area contributed by atoms with E-state index in [4.69, 9.17) is 9.73 Å². The molecule has 35 heavy (non-hydrogen) atoms. The number of rotatable bonds is 6. The lowest BCUT2D eigenvalue weighted by Gasteiger charge is -2.16. The standard InChI is InChI=1S/C32H26N2O/c1-35-27-18-12-17-26(23-27)32(33-30-21-10-8-19-28(30)24-13-4-2-5-14-24)34-31-22-11-9-20-29(31)25-15-6-3-7-16-25/h2-23H,1H3,(H,33,34). The molecule has 0 saturated carbocycles. The summed E-state index contributed by atoms with van der Waals surface area (Å²) in [6.07, 6.45) is 0. The van der Waals surface area contributed by atoms with Crippen LogP contribution in [0.15, 0.2) is 138 Å². The summed E-state index contributed by atoms with van der Waals surface area (Å²) in [5, 5.41) is 3.64. The van der Waals surface area contributed by atoms with Gasteiger partial charge in [0.2, 0.25) is 0 Å². The highest BCUT2D eigenvalue weighted by Gasteiger charge is 2.12. The summed E-state index contributed by atoms with van der Waals surface area (Å²) in [5.41, 5.74) is 7.27. The number of hydrogen-bond donors (Lipinski definition) is 1. The van der Waals surface area contributed by atoms with E-state index in [1.807, 2.05) is 72.8 Å². The maximum atomic E-state index is 5.51. The van der Waals surface area contributed by atoms with E-state index in [2.05, 4.69) is 66.0 Å². The van der Waals surface area contributed by atoms with Crippen LogP contribution in [0, 0.1) is 0 Å². The molecule has 0 aliphatic rings. The first-order valence-electron chi connectivity index (χ1n) is 11.6. The van der Waals surface area contributed by atoms with Gasteiger partial charge in [-0.25, -0.2) is 4.99 Å². The van der Waals surface area contributed by atoms with Crippen molar-refractivity contribution in [1.29, 1.82) is 0 Å². The lowest BCUT2D eigenvalue weighted by molar-refractivity contribution is 0.414. The summed E-state index contributed by atoms with van der Waals surface area (Å²) < 4.78 is 5.51. The van der Waals surface area contributed by atoms with E-state index in [-0.39, 0.29) is 0 Å². The van der Waals surface area contributed by atoms with Crippen molar-refractivity contribution in [3.8, 4) is 28.0 Å². The third-order valence-electron chi connectivity index (χ3n) is 5.83. The minimum Gasteiger partial charge on any atom is -0.497 e. The molecule has 5 aromatic carbocycles. The number of nitrogens with zero attached hydrogens (tertiary/aromatic N) is 1. The number of anilines is 1. The zero-order valence-electron chi connectivity index (χ0n) is 19.6. The molecule has 0 aliphatic heterocycles. The second-order valence-corrected chi connectivity index (χ2v) is 8.11. The largest absolute Gasteiger partial charge is 0.497 e. The molecule has 170 valence electrons. The molecule has 3 nitrogen and oxygen atoms in total. The minimum absolute atomic E-state index is 0.746. The Hall–Kier alpha value is -4.63. The monoisotopic (exact) mass is 454 g/mol. The zero-order chi connectivity index (χ0) is 23.9. The third kappa shape index (κ3) is 5.15. The van der Waals surface area contributed by atoms with E-state index in [9.17, 15) is 0 Å². The van der Waals surface area contributed by atoms with Gasteiger partial charge in [-0.3, -0.25) is 0 Å². The number of hydrogen-bond acceptors (Lipinski definition) is 2. The Morgan fingerprint density at radius 3 is 1.91 bits per heavy atom. The van der Waals surface area contributed by atoms with Crippen molar-refractivity contribution in [3.63, 3.8) is 0 Å². The van der Waals surface area contributed by atoms with Crippen LogP contribution in [0.2, 0.25) is 0 Å². The van der Waals surface area contributed by atoms with Crippen molar-refractivity contribution in [2.24, 2.45) is 4.99 Å². The van der Waals surface area contributed by atoms with E-state index in [1.54, 1.807) is 7.11 Å². The van der Waals surface area contributed by atoms with Gasteiger partial charge in [-0.15, -0.1) is 0 Å². The van der Waals surface area contributed by atoms with E-state index >= 15 is 0 Å². The maximum absolute atomic E-state index is 5.51. The number of para-hydroxylation sites is 2. The first-order valence-corrected chi connectivity index (χ1v) is 11.6. The van der Waals surface area contributed by atoms with Crippen molar-refractivity contribution in [1.82, 2.24) is 0 Å². The third-order valence-corrected chi connectivity index (χ3v) is 5.83. The fourth-order valence-electron chi connectivity index (χ4n) is 4.08. The van der Waals surface area contributed by atoms with E-state index in [0.29, 0.717) is 0 Å².